The summed E-state index contributed by atoms with van der Waals surface area (Å²) in [5.41, 5.74) is 6.46. The highest BCUT2D eigenvalue weighted by molar-refractivity contribution is 5.02. The van der Waals surface area contributed by atoms with E-state index in [9.17, 15) is 0 Å². The molecule has 2 aliphatic rings. The normalized spacial score (nSPS) is 34.8. The molecule has 3 atom stereocenters. The lowest BCUT2D eigenvalue weighted by Crippen LogP contribution is -2.61. The van der Waals surface area contributed by atoms with Gasteiger partial charge in [0.1, 0.15) is 0 Å². The zero-order valence-electron chi connectivity index (χ0n) is 12.5. The average Bonchev–Trinajstić information content (AvgIpc) is 2.84. The number of fused-ring (bicyclic) bond motifs is 1. The van der Waals surface area contributed by atoms with Crippen LogP contribution in [-0.2, 0) is 0 Å². The Morgan fingerprint density at radius 3 is 2.89 bits per heavy atom. The van der Waals surface area contributed by atoms with E-state index in [2.05, 4.69) is 30.7 Å². The molecule has 0 saturated carbocycles. The Hall–Kier alpha value is -0.120. The van der Waals surface area contributed by atoms with Crippen molar-refractivity contribution in [2.45, 2.75) is 70.0 Å². The molecule has 3 unspecified atom stereocenters. The van der Waals surface area contributed by atoms with Gasteiger partial charge in [-0.25, -0.2) is 0 Å². The van der Waals surface area contributed by atoms with Crippen LogP contribution in [0.4, 0.5) is 0 Å². The Morgan fingerprint density at radius 1 is 1.44 bits per heavy atom. The van der Waals surface area contributed by atoms with Gasteiger partial charge in [0.2, 0.25) is 0 Å². The highest BCUT2D eigenvalue weighted by Crippen LogP contribution is 2.37. The predicted octanol–water partition coefficient (Wildman–Crippen LogP) is 2.06. The quantitative estimate of drug-likeness (QED) is 0.814. The summed E-state index contributed by atoms with van der Waals surface area (Å²) in [5.74, 6) is 0. The highest BCUT2D eigenvalue weighted by Gasteiger charge is 2.43. The van der Waals surface area contributed by atoms with Crippen molar-refractivity contribution in [3.8, 4) is 0 Å². The zero-order chi connectivity index (χ0) is 13.2. The molecule has 2 N–H and O–H groups in total. The molecule has 3 nitrogen and oxygen atoms in total. The molecule has 0 spiro atoms. The second-order valence-corrected chi connectivity index (χ2v) is 6.46. The van der Waals surface area contributed by atoms with Gasteiger partial charge in [0.25, 0.3) is 0 Å². The number of nitrogens with two attached hydrogens (primary N) is 1. The van der Waals surface area contributed by atoms with Gasteiger partial charge in [0.05, 0.1) is 0 Å². The lowest BCUT2D eigenvalue weighted by atomic mass is 9.81. The second-order valence-electron chi connectivity index (χ2n) is 6.46. The summed E-state index contributed by atoms with van der Waals surface area (Å²) in [6.45, 7) is 8.04. The fourth-order valence-corrected chi connectivity index (χ4v) is 4.04. The lowest BCUT2D eigenvalue weighted by molar-refractivity contribution is 0.00332. The maximum atomic E-state index is 6.20. The average molecular weight is 253 g/mol. The Morgan fingerprint density at radius 2 is 2.22 bits per heavy atom. The molecule has 0 aromatic rings. The van der Waals surface area contributed by atoms with Crippen LogP contribution in [0.25, 0.3) is 0 Å². The smallest absolute Gasteiger partial charge is 0.0358 e. The van der Waals surface area contributed by atoms with Crippen molar-refractivity contribution in [1.82, 2.24) is 9.80 Å². The first-order valence-corrected chi connectivity index (χ1v) is 7.80. The van der Waals surface area contributed by atoms with E-state index >= 15 is 0 Å². The van der Waals surface area contributed by atoms with Crippen molar-refractivity contribution in [2.24, 2.45) is 5.73 Å². The van der Waals surface area contributed by atoms with Crippen molar-refractivity contribution in [2.75, 3.05) is 26.7 Å². The molecule has 0 radical (unpaired) electrons. The van der Waals surface area contributed by atoms with E-state index in [-0.39, 0.29) is 5.54 Å². The number of piperidine rings is 1. The number of rotatable bonds is 5. The van der Waals surface area contributed by atoms with Crippen LogP contribution in [0.1, 0.15) is 52.4 Å². The fourth-order valence-electron chi connectivity index (χ4n) is 4.04. The number of hydrogen-bond acceptors (Lipinski definition) is 3. The summed E-state index contributed by atoms with van der Waals surface area (Å²) in [6, 6.07) is 1.46. The predicted molar refractivity (Wildman–Crippen MR) is 77.7 cm³/mol. The molecule has 0 aliphatic carbocycles. The van der Waals surface area contributed by atoms with E-state index in [0.29, 0.717) is 6.04 Å². The van der Waals surface area contributed by atoms with Crippen molar-refractivity contribution in [3.63, 3.8) is 0 Å². The van der Waals surface area contributed by atoms with Crippen LogP contribution in [-0.4, -0.2) is 54.1 Å². The van der Waals surface area contributed by atoms with E-state index in [4.69, 9.17) is 5.73 Å². The molecule has 2 heterocycles. The summed E-state index contributed by atoms with van der Waals surface area (Å²) in [5, 5.41) is 0. The molecule has 18 heavy (non-hydrogen) atoms. The molecule has 106 valence electrons. The van der Waals surface area contributed by atoms with Gasteiger partial charge in [-0.15, -0.1) is 0 Å². The minimum atomic E-state index is 0.264. The first-order chi connectivity index (χ1) is 8.63. The minimum absolute atomic E-state index is 0.264. The summed E-state index contributed by atoms with van der Waals surface area (Å²) >= 11 is 0. The van der Waals surface area contributed by atoms with Crippen molar-refractivity contribution in [3.05, 3.63) is 0 Å². The lowest BCUT2D eigenvalue weighted by Gasteiger charge is -2.51. The molecule has 0 aromatic heterocycles. The maximum absolute atomic E-state index is 6.20. The number of hydrogen-bond donors (Lipinski definition) is 1. The van der Waals surface area contributed by atoms with Gasteiger partial charge in [0, 0.05) is 30.7 Å². The van der Waals surface area contributed by atoms with Crippen LogP contribution >= 0.6 is 0 Å². The third-order valence-corrected chi connectivity index (χ3v) is 5.47. The minimum Gasteiger partial charge on any atom is -0.329 e. The van der Waals surface area contributed by atoms with Gasteiger partial charge in [-0.1, -0.05) is 13.3 Å². The van der Waals surface area contributed by atoms with E-state index in [1.54, 1.807) is 0 Å². The van der Waals surface area contributed by atoms with E-state index < -0.39 is 0 Å². The first-order valence-electron chi connectivity index (χ1n) is 7.80. The Labute approximate surface area is 113 Å². The molecule has 2 aliphatic heterocycles. The van der Waals surface area contributed by atoms with Gasteiger partial charge in [-0.3, -0.25) is 4.90 Å². The van der Waals surface area contributed by atoms with Crippen molar-refractivity contribution < 1.29 is 0 Å². The molecule has 2 saturated heterocycles. The number of nitrogens with zero attached hydrogens (tertiary/aromatic N) is 2. The topological polar surface area (TPSA) is 32.5 Å². The first kappa shape index (κ1) is 14.3. The molecule has 2 fully saturated rings. The highest BCUT2D eigenvalue weighted by atomic mass is 15.3. The molecular formula is C15H31N3. The summed E-state index contributed by atoms with van der Waals surface area (Å²) < 4.78 is 0. The monoisotopic (exact) mass is 253 g/mol. The largest absolute Gasteiger partial charge is 0.329 e. The van der Waals surface area contributed by atoms with E-state index in [1.807, 2.05) is 0 Å². The van der Waals surface area contributed by atoms with Crippen molar-refractivity contribution in [1.29, 1.82) is 0 Å². The molecule has 0 bridgehead atoms. The third-order valence-electron chi connectivity index (χ3n) is 5.47. The van der Waals surface area contributed by atoms with E-state index in [0.717, 1.165) is 12.6 Å². The van der Waals surface area contributed by atoms with Gasteiger partial charge >= 0.3 is 0 Å². The van der Waals surface area contributed by atoms with Gasteiger partial charge in [-0.2, -0.15) is 0 Å². The van der Waals surface area contributed by atoms with Crippen LogP contribution in [0.5, 0.6) is 0 Å². The van der Waals surface area contributed by atoms with Crippen LogP contribution in [0.2, 0.25) is 0 Å². The van der Waals surface area contributed by atoms with Gasteiger partial charge in [0.15, 0.2) is 0 Å². The van der Waals surface area contributed by atoms with Gasteiger partial charge in [-0.05, 0) is 52.6 Å². The second kappa shape index (κ2) is 5.89. The Balaban J connectivity index is 2.05. The Kier molecular flexibility index (Phi) is 4.68. The van der Waals surface area contributed by atoms with Crippen LogP contribution in [0.3, 0.4) is 0 Å². The Bertz CT molecular complexity index is 268. The third kappa shape index (κ3) is 2.59. The summed E-state index contributed by atoms with van der Waals surface area (Å²) in [4.78, 5) is 5.29. The summed E-state index contributed by atoms with van der Waals surface area (Å²) in [6.07, 6.45) is 7.87. The molecular weight excluding hydrogens is 222 g/mol. The summed E-state index contributed by atoms with van der Waals surface area (Å²) in [7, 11) is 2.30. The molecule has 0 amide bonds. The van der Waals surface area contributed by atoms with Gasteiger partial charge < -0.3 is 10.6 Å². The van der Waals surface area contributed by atoms with Crippen LogP contribution in [0, 0.1) is 0 Å². The molecule has 0 aromatic carbocycles. The standard InChI is InChI=1S/C15H31N3/c1-4-6-13(2)17(3)15(12-16)8-10-18-9-5-7-14(18)11-15/h13-14H,4-12,16H2,1-3H3. The SMILES string of the molecule is CCCC(C)N(C)C1(CN)CCN2CCCC2C1. The number of likely N-dealkylation sites (N-methyl/N-ethyl adjacent to an activating group) is 1. The molecule has 2 rings (SSSR count). The maximum Gasteiger partial charge on any atom is 0.0358 e. The van der Waals surface area contributed by atoms with E-state index in [1.165, 1.54) is 51.6 Å². The zero-order valence-corrected chi connectivity index (χ0v) is 12.5. The molecule has 3 heteroatoms. The van der Waals surface area contributed by atoms with Crippen LogP contribution < -0.4 is 5.73 Å². The van der Waals surface area contributed by atoms with Crippen molar-refractivity contribution >= 4 is 0 Å². The fraction of sp³-hybridized carbons (Fsp3) is 1.00. The van der Waals surface area contributed by atoms with Crippen LogP contribution in [0.15, 0.2) is 0 Å².